The lowest BCUT2D eigenvalue weighted by atomic mass is 9.88. The van der Waals surface area contributed by atoms with E-state index in [-0.39, 0.29) is 0 Å². The van der Waals surface area contributed by atoms with Crippen LogP contribution in [0.1, 0.15) is 73.7 Å². The van der Waals surface area contributed by atoms with Gasteiger partial charge in [0, 0.05) is 11.3 Å². The molecular weight excluding hydrogens is 362 g/mol. The molecule has 0 amide bonds. The van der Waals surface area contributed by atoms with Gasteiger partial charge in [0.15, 0.2) is 0 Å². The van der Waals surface area contributed by atoms with Crippen molar-refractivity contribution in [1.82, 2.24) is 14.4 Å². The fourth-order valence-electron chi connectivity index (χ4n) is 4.59. The highest BCUT2D eigenvalue weighted by Crippen LogP contribution is 2.37. The Balaban J connectivity index is 2.12. The molecule has 2 aromatic heterocycles. The van der Waals surface area contributed by atoms with Crippen LogP contribution in [-0.4, -0.2) is 25.4 Å². The van der Waals surface area contributed by atoms with Crippen molar-refractivity contribution >= 4 is 11.7 Å². The molecular formula is C24H29N3O2. The molecule has 4 rings (SSSR count). The van der Waals surface area contributed by atoms with Crippen molar-refractivity contribution in [2.45, 2.75) is 71.6 Å². The Morgan fingerprint density at radius 2 is 1.86 bits per heavy atom. The maximum atomic E-state index is 12.3. The van der Waals surface area contributed by atoms with Crippen LogP contribution in [-0.2, 0) is 24.1 Å². The van der Waals surface area contributed by atoms with Gasteiger partial charge in [-0.3, -0.25) is 9.20 Å². The smallest absolute Gasteiger partial charge is 0.311 e. The van der Waals surface area contributed by atoms with Gasteiger partial charge >= 0.3 is 5.97 Å². The zero-order valence-corrected chi connectivity index (χ0v) is 17.5. The van der Waals surface area contributed by atoms with E-state index in [2.05, 4.69) is 42.5 Å². The van der Waals surface area contributed by atoms with Gasteiger partial charge in [-0.05, 0) is 51.0 Å². The second kappa shape index (κ2) is 7.97. The minimum absolute atomic E-state index is 0.565. The summed E-state index contributed by atoms with van der Waals surface area (Å²) in [6.07, 6.45) is 6.33. The van der Waals surface area contributed by atoms with E-state index in [1.54, 1.807) is 0 Å². The number of carboxylic acid groups (broad SMARTS) is 1. The maximum absolute atomic E-state index is 12.3. The number of nitrogens with zero attached hydrogens (tertiary/aromatic N) is 3. The van der Waals surface area contributed by atoms with Gasteiger partial charge in [-0.25, -0.2) is 9.97 Å². The summed E-state index contributed by atoms with van der Waals surface area (Å²) in [7, 11) is 0. The van der Waals surface area contributed by atoms with Gasteiger partial charge in [0.1, 0.15) is 0 Å². The van der Waals surface area contributed by atoms with E-state index < -0.39 is 11.9 Å². The van der Waals surface area contributed by atoms with E-state index in [4.69, 9.17) is 9.97 Å². The van der Waals surface area contributed by atoms with Crippen LogP contribution in [0.15, 0.2) is 24.3 Å². The van der Waals surface area contributed by atoms with E-state index in [9.17, 15) is 9.90 Å². The van der Waals surface area contributed by atoms with Gasteiger partial charge in [0.2, 0.25) is 5.78 Å². The quantitative estimate of drug-likeness (QED) is 0.634. The first-order chi connectivity index (χ1) is 14.0. The number of fused-ring (bicyclic) bond motifs is 3. The number of rotatable bonds is 6. The molecule has 5 nitrogen and oxygen atoms in total. The van der Waals surface area contributed by atoms with E-state index in [0.29, 0.717) is 18.6 Å². The van der Waals surface area contributed by atoms with Crippen molar-refractivity contribution < 1.29 is 9.90 Å². The molecule has 0 radical (unpaired) electrons. The molecule has 2 heterocycles. The summed E-state index contributed by atoms with van der Waals surface area (Å²) >= 11 is 0. The maximum Gasteiger partial charge on any atom is 0.311 e. The Kier molecular flexibility index (Phi) is 5.39. The molecule has 0 aliphatic heterocycles. The normalized spacial score (nSPS) is 14.7. The molecule has 29 heavy (non-hydrogen) atoms. The SMILES string of the molecule is CCCC(C(=O)O)c1c(CC)nc2nc3c(n2c1-c1ccc(C)cc1)CCCC3. The summed E-state index contributed by atoms with van der Waals surface area (Å²) < 4.78 is 2.17. The van der Waals surface area contributed by atoms with Crippen LogP contribution < -0.4 is 0 Å². The summed E-state index contributed by atoms with van der Waals surface area (Å²) in [5.74, 6) is -0.622. The summed E-state index contributed by atoms with van der Waals surface area (Å²) in [6.45, 7) is 6.16. The molecule has 0 bridgehead atoms. The van der Waals surface area contributed by atoms with E-state index >= 15 is 0 Å². The number of carbonyl (C=O) groups is 1. The second-order valence-electron chi connectivity index (χ2n) is 8.07. The van der Waals surface area contributed by atoms with Crippen molar-refractivity contribution in [3.63, 3.8) is 0 Å². The van der Waals surface area contributed by atoms with Gasteiger partial charge in [0.05, 0.1) is 23.0 Å². The summed E-state index contributed by atoms with van der Waals surface area (Å²) in [5.41, 5.74) is 7.26. The Labute approximate surface area is 171 Å². The van der Waals surface area contributed by atoms with Crippen LogP contribution in [0, 0.1) is 6.92 Å². The van der Waals surface area contributed by atoms with Crippen LogP contribution in [0.3, 0.4) is 0 Å². The zero-order chi connectivity index (χ0) is 20.5. The van der Waals surface area contributed by atoms with Gasteiger partial charge < -0.3 is 5.11 Å². The predicted molar refractivity (Wildman–Crippen MR) is 114 cm³/mol. The number of aliphatic carboxylic acids is 1. The van der Waals surface area contributed by atoms with Crippen molar-refractivity contribution in [2.24, 2.45) is 0 Å². The van der Waals surface area contributed by atoms with Crippen molar-refractivity contribution in [3.05, 3.63) is 52.5 Å². The molecule has 0 spiro atoms. The minimum atomic E-state index is -0.773. The number of aryl methyl sites for hydroxylation is 4. The molecule has 1 N–H and O–H groups in total. The largest absolute Gasteiger partial charge is 0.481 e. The summed E-state index contributed by atoms with van der Waals surface area (Å²) in [6, 6.07) is 8.40. The fraction of sp³-hybridized carbons (Fsp3) is 0.458. The molecule has 1 aromatic carbocycles. The lowest BCUT2D eigenvalue weighted by molar-refractivity contribution is -0.139. The molecule has 1 aliphatic carbocycles. The number of aromatic nitrogens is 3. The van der Waals surface area contributed by atoms with Crippen LogP contribution >= 0.6 is 0 Å². The van der Waals surface area contributed by atoms with Gasteiger partial charge in [-0.2, -0.15) is 0 Å². The first kappa shape index (κ1) is 19.6. The lowest BCUT2D eigenvalue weighted by Gasteiger charge is -2.22. The molecule has 5 heteroatoms. The predicted octanol–water partition coefficient (Wildman–Crippen LogP) is 5.11. The number of hydrogen-bond donors (Lipinski definition) is 1. The van der Waals surface area contributed by atoms with Gasteiger partial charge in [-0.15, -0.1) is 0 Å². The number of hydrogen-bond acceptors (Lipinski definition) is 3. The Bertz CT molecular complexity index is 1050. The van der Waals surface area contributed by atoms with E-state index in [1.807, 2.05) is 6.92 Å². The molecule has 0 saturated carbocycles. The van der Waals surface area contributed by atoms with Crippen molar-refractivity contribution in [3.8, 4) is 11.3 Å². The van der Waals surface area contributed by atoms with Crippen LogP contribution in [0.2, 0.25) is 0 Å². The van der Waals surface area contributed by atoms with Crippen LogP contribution in [0.5, 0.6) is 0 Å². The van der Waals surface area contributed by atoms with Crippen LogP contribution in [0.25, 0.3) is 17.0 Å². The molecule has 152 valence electrons. The monoisotopic (exact) mass is 391 g/mol. The lowest BCUT2D eigenvalue weighted by Crippen LogP contribution is -2.19. The van der Waals surface area contributed by atoms with Crippen molar-refractivity contribution in [1.29, 1.82) is 0 Å². The van der Waals surface area contributed by atoms with E-state index in [1.165, 1.54) is 11.3 Å². The third-order valence-electron chi connectivity index (χ3n) is 6.02. The number of carboxylic acids is 1. The van der Waals surface area contributed by atoms with Gasteiger partial charge in [0.25, 0.3) is 0 Å². The highest BCUT2D eigenvalue weighted by atomic mass is 16.4. The standard InChI is InChI=1S/C24H29N3O2/c1-4-8-17(23(28)29)21-18(5-2)25-24-26-19-9-6-7-10-20(19)27(24)22(21)16-13-11-15(3)12-14-16/h11-14,17H,4-10H2,1-3H3,(H,28,29). The highest BCUT2D eigenvalue weighted by Gasteiger charge is 2.30. The topological polar surface area (TPSA) is 67.5 Å². The summed E-state index contributed by atoms with van der Waals surface area (Å²) in [4.78, 5) is 22.0. The third-order valence-corrected chi connectivity index (χ3v) is 6.02. The third kappa shape index (κ3) is 3.43. The first-order valence-corrected chi connectivity index (χ1v) is 10.8. The fourth-order valence-corrected chi connectivity index (χ4v) is 4.59. The van der Waals surface area contributed by atoms with Crippen molar-refractivity contribution in [2.75, 3.05) is 0 Å². The Morgan fingerprint density at radius 1 is 1.14 bits per heavy atom. The highest BCUT2D eigenvalue weighted by molar-refractivity contribution is 5.81. The average Bonchev–Trinajstić information content (AvgIpc) is 3.09. The molecule has 1 unspecified atom stereocenters. The summed E-state index contributed by atoms with van der Waals surface area (Å²) in [5, 5.41) is 10.1. The first-order valence-electron chi connectivity index (χ1n) is 10.8. The molecule has 1 atom stereocenters. The molecule has 0 fully saturated rings. The zero-order valence-electron chi connectivity index (χ0n) is 17.5. The molecule has 0 saturated heterocycles. The molecule has 3 aromatic rings. The Morgan fingerprint density at radius 3 is 2.52 bits per heavy atom. The Hall–Kier alpha value is -2.69. The minimum Gasteiger partial charge on any atom is -0.481 e. The van der Waals surface area contributed by atoms with Gasteiger partial charge in [-0.1, -0.05) is 50.1 Å². The molecule has 1 aliphatic rings. The average molecular weight is 392 g/mol. The second-order valence-corrected chi connectivity index (χ2v) is 8.07. The van der Waals surface area contributed by atoms with E-state index in [0.717, 1.165) is 60.3 Å². The number of benzene rings is 1. The van der Waals surface area contributed by atoms with Crippen LogP contribution in [0.4, 0.5) is 0 Å². The number of imidazole rings is 1.